The van der Waals surface area contributed by atoms with E-state index >= 15 is 0 Å². The molecule has 0 bridgehead atoms. The molecular weight excluding hydrogens is 288 g/mol. The number of rotatable bonds is 4. The van der Waals surface area contributed by atoms with Crippen LogP contribution in [0.25, 0.3) is 0 Å². The van der Waals surface area contributed by atoms with E-state index in [1.165, 1.54) is 19.2 Å². The molecule has 0 unspecified atom stereocenters. The van der Waals surface area contributed by atoms with Gasteiger partial charge in [0, 0.05) is 11.8 Å². The Labute approximate surface area is 129 Å². The second-order valence-electron chi connectivity index (χ2n) is 5.61. The highest BCUT2D eigenvalue weighted by Crippen LogP contribution is 2.22. The van der Waals surface area contributed by atoms with Crippen molar-refractivity contribution < 1.29 is 28.7 Å². The molecule has 0 aromatic heterocycles. The summed E-state index contributed by atoms with van der Waals surface area (Å²) >= 11 is 0. The van der Waals surface area contributed by atoms with Crippen LogP contribution < -0.4 is 5.32 Å². The molecule has 2 N–H and O–H groups in total. The number of anilines is 1. The van der Waals surface area contributed by atoms with Crippen LogP contribution in [0.1, 0.15) is 10.4 Å². The van der Waals surface area contributed by atoms with Crippen molar-refractivity contribution in [1.82, 2.24) is 0 Å². The van der Waals surface area contributed by atoms with E-state index in [4.69, 9.17) is 4.74 Å². The number of phenols is 1. The molecule has 1 aliphatic heterocycles. The zero-order valence-electron chi connectivity index (χ0n) is 12.8. The summed E-state index contributed by atoms with van der Waals surface area (Å²) in [4.78, 5) is 23.5. The predicted molar refractivity (Wildman–Crippen MR) is 79.7 cm³/mol. The molecule has 1 aromatic rings. The lowest BCUT2D eigenvalue weighted by Crippen LogP contribution is -2.55. The number of phenolic OH excluding ortho intramolecular Hbond substituents is 1. The third-order valence-corrected chi connectivity index (χ3v) is 3.76. The first-order valence-electron chi connectivity index (χ1n) is 7.06. The minimum absolute atomic E-state index is 0.0627. The van der Waals surface area contributed by atoms with Gasteiger partial charge in [-0.15, -0.1) is 0 Å². The van der Waals surface area contributed by atoms with E-state index < -0.39 is 5.97 Å². The Hall–Kier alpha value is -2.12. The van der Waals surface area contributed by atoms with Gasteiger partial charge in [0.05, 0.1) is 27.4 Å². The molecule has 120 valence electrons. The average Bonchev–Trinajstić information content (AvgIpc) is 2.46. The number of carbonyl (C=O) groups excluding carboxylic acids is 2. The van der Waals surface area contributed by atoms with Gasteiger partial charge in [-0.2, -0.15) is 0 Å². The van der Waals surface area contributed by atoms with E-state index in [9.17, 15) is 14.7 Å². The lowest BCUT2D eigenvalue weighted by Gasteiger charge is -2.36. The highest BCUT2D eigenvalue weighted by Gasteiger charge is 2.28. The number of amides is 1. The van der Waals surface area contributed by atoms with Crippen molar-refractivity contribution in [2.24, 2.45) is 0 Å². The Balaban J connectivity index is 1.99. The third kappa shape index (κ3) is 3.96. The third-order valence-electron chi connectivity index (χ3n) is 3.76. The van der Waals surface area contributed by atoms with Gasteiger partial charge < -0.3 is 24.4 Å². The topological polar surface area (TPSA) is 84.9 Å². The van der Waals surface area contributed by atoms with Crippen LogP contribution in [0.4, 0.5) is 5.69 Å². The Morgan fingerprint density at radius 3 is 2.64 bits per heavy atom. The van der Waals surface area contributed by atoms with Gasteiger partial charge in [0.2, 0.25) is 0 Å². The number of methoxy groups -OCH3 is 1. The minimum atomic E-state index is -0.623. The van der Waals surface area contributed by atoms with E-state index in [0.717, 1.165) is 13.1 Å². The smallest absolute Gasteiger partial charge is 0.341 e. The molecule has 0 spiro atoms. The maximum atomic E-state index is 12.1. The molecule has 0 atom stereocenters. The van der Waals surface area contributed by atoms with Crippen molar-refractivity contribution in [2.75, 3.05) is 52.3 Å². The van der Waals surface area contributed by atoms with E-state index in [1.54, 1.807) is 6.07 Å². The van der Waals surface area contributed by atoms with Gasteiger partial charge in [0.15, 0.2) is 6.54 Å². The van der Waals surface area contributed by atoms with Crippen LogP contribution in [0, 0.1) is 0 Å². The monoisotopic (exact) mass is 309 g/mol. The zero-order valence-corrected chi connectivity index (χ0v) is 12.8. The maximum absolute atomic E-state index is 12.1. The number of nitrogens with one attached hydrogen (secondary N) is 1. The largest absolute Gasteiger partial charge is 0.507 e. The molecule has 1 aromatic carbocycles. The Bertz CT molecular complexity index is 567. The first-order valence-corrected chi connectivity index (χ1v) is 7.06. The summed E-state index contributed by atoms with van der Waals surface area (Å²) < 4.78 is 10.5. The normalized spacial score (nSPS) is 16.8. The van der Waals surface area contributed by atoms with Crippen LogP contribution >= 0.6 is 0 Å². The van der Waals surface area contributed by atoms with Gasteiger partial charge in [0.25, 0.3) is 5.91 Å². The summed E-state index contributed by atoms with van der Waals surface area (Å²) in [6.45, 7) is 3.22. The summed E-state index contributed by atoms with van der Waals surface area (Å²) in [6.07, 6.45) is 0. The molecular formula is C15H21N2O5+. The van der Waals surface area contributed by atoms with Crippen molar-refractivity contribution in [3.05, 3.63) is 23.8 Å². The molecule has 1 saturated heterocycles. The van der Waals surface area contributed by atoms with Crippen LogP contribution in [-0.2, 0) is 14.3 Å². The number of carbonyl (C=O) groups is 2. The number of morpholine rings is 1. The molecule has 0 aliphatic carbocycles. The molecule has 7 heteroatoms. The van der Waals surface area contributed by atoms with E-state index in [-0.39, 0.29) is 17.2 Å². The fourth-order valence-electron chi connectivity index (χ4n) is 2.38. The van der Waals surface area contributed by atoms with Crippen molar-refractivity contribution >= 4 is 17.6 Å². The number of likely N-dealkylation sites (N-methyl/N-ethyl adjacent to an activating group) is 1. The Kier molecular flexibility index (Phi) is 4.99. The fourth-order valence-corrected chi connectivity index (χ4v) is 2.38. The first-order chi connectivity index (χ1) is 10.4. The summed E-state index contributed by atoms with van der Waals surface area (Å²) in [7, 11) is 3.25. The van der Waals surface area contributed by atoms with Crippen molar-refractivity contribution in [2.45, 2.75) is 0 Å². The van der Waals surface area contributed by atoms with Gasteiger partial charge in [-0.3, -0.25) is 4.79 Å². The average molecular weight is 309 g/mol. The number of hydrogen-bond acceptors (Lipinski definition) is 5. The van der Waals surface area contributed by atoms with Crippen LogP contribution in [0.5, 0.6) is 5.75 Å². The summed E-state index contributed by atoms with van der Waals surface area (Å²) in [5.41, 5.74) is 0.502. The standard InChI is InChI=1S/C15H20N2O5/c1-17(5-7-22-8-6-17)10-14(19)16-11-3-4-12(13(18)9-11)15(20)21-2/h3-4,9H,5-8,10H2,1-2H3,(H-,16,18,19,20)/p+1. The van der Waals surface area contributed by atoms with Crippen molar-refractivity contribution in [1.29, 1.82) is 0 Å². The van der Waals surface area contributed by atoms with E-state index in [1.807, 2.05) is 7.05 Å². The first kappa shape index (κ1) is 16.3. The van der Waals surface area contributed by atoms with E-state index in [0.29, 0.717) is 29.9 Å². The van der Waals surface area contributed by atoms with Crippen LogP contribution in [0.3, 0.4) is 0 Å². The molecule has 2 rings (SSSR count). The minimum Gasteiger partial charge on any atom is -0.507 e. The predicted octanol–water partition coefficient (Wildman–Crippen LogP) is 0.594. The molecule has 0 radical (unpaired) electrons. The second-order valence-corrected chi connectivity index (χ2v) is 5.61. The summed E-state index contributed by atoms with van der Waals surface area (Å²) in [6, 6.07) is 4.31. The van der Waals surface area contributed by atoms with E-state index in [2.05, 4.69) is 10.1 Å². The zero-order chi connectivity index (χ0) is 16.2. The molecule has 0 saturated carbocycles. The maximum Gasteiger partial charge on any atom is 0.341 e. The fraction of sp³-hybridized carbons (Fsp3) is 0.467. The van der Waals surface area contributed by atoms with Gasteiger partial charge in [-0.1, -0.05) is 0 Å². The molecule has 1 aliphatic rings. The highest BCUT2D eigenvalue weighted by molar-refractivity contribution is 5.95. The Morgan fingerprint density at radius 2 is 2.05 bits per heavy atom. The van der Waals surface area contributed by atoms with Crippen molar-refractivity contribution in [3.63, 3.8) is 0 Å². The van der Waals surface area contributed by atoms with Gasteiger partial charge in [-0.25, -0.2) is 4.79 Å². The van der Waals surface area contributed by atoms with Gasteiger partial charge >= 0.3 is 5.97 Å². The quantitative estimate of drug-likeness (QED) is 0.628. The number of ether oxygens (including phenoxy) is 2. The Morgan fingerprint density at radius 1 is 1.36 bits per heavy atom. The van der Waals surface area contributed by atoms with Crippen LogP contribution in [-0.4, -0.2) is 68.5 Å². The number of benzene rings is 1. The van der Waals surface area contributed by atoms with Crippen molar-refractivity contribution in [3.8, 4) is 5.75 Å². The number of quaternary nitrogens is 1. The molecule has 1 heterocycles. The molecule has 22 heavy (non-hydrogen) atoms. The SMILES string of the molecule is COC(=O)c1ccc(NC(=O)C[N+]2(C)CCOCC2)cc1O. The van der Waals surface area contributed by atoms with Gasteiger partial charge in [0.1, 0.15) is 24.4 Å². The number of esters is 1. The summed E-state index contributed by atoms with van der Waals surface area (Å²) in [5.74, 6) is -0.993. The summed E-state index contributed by atoms with van der Waals surface area (Å²) in [5, 5.41) is 12.5. The van der Waals surface area contributed by atoms with Crippen LogP contribution in [0.15, 0.2) is 18.2 Å². The van der Waals surface area contributed by atoms with Crippen LogP contribution in [0.2, 0.25) is 0 Å². The second kappa shape index (κ2) is 6.76. The molecule has 1 fully saturated rings. The lowest BCUT2D eigenvalue weighted by atomic mass is 10.2. The number of aromatic hydroxyl groups is 1. The number of hydrogen-bond donors (Lipinski definition) is 2. The highest BCUT2D eigenvalue weighted by atomic mass is 16.5. The van der Waals surface area contributed by atoms with Gasteiger partial charge in [-0.05, 0) is 12.1 Å². The molecule has 1 amide bonds. The molecule has 7 nitrogen and oxygen atoms in total. The number of nitrogens with zero attached hydrogens (tertiary/aromatic N) is 1. The lowest BCUT2D eigenvalue weighted by molar-refractivity contribution is -0.909.